The van der Waals surface area contributed by atoms with E-state index in [-0.39, 0.29) is 18.3 Å². The van der Waals surface area contributed by atoms with E-state index in [1.54, 1.807) is 0 Å². The molecule has 2 rings (SSSR count). The molecule has 0 saturated carbocycles. The number of hydrogen-bond donors (Lipinski definition) is 1. The van der Waals surface area contributed by atoms with Gasteiger partial charge in [-0.2, -0.15) is 0 Å². The molecular formula is C11H22ClN3O. The molecule has 2 atom stereocenters. The number of piperazine rings is 1. The van der Waals surface area contributed by atoms with Gasteiger partial charge in [-0.15, -0.1) is 12.4 Å². The first-order chi connectivity index (χ1) is 7.15. The lowest BCUT2D eigenvalue weighted by atomic mass is 9.94. The monoisotopic (exact) mass is 247 g/mol. The fourth-order valence-electron chi connectivity index (χ4n) is 2.58. The fourth-order valence-corrected chi connectivity index (χ4v) is 2.58. The Morgan fingerprint density at radius 3 is 2.38 bits per heavy atom. The van der Waals surface area contributed by atoms with Crippen molar-refractivity contribution in [2.24, 2.45) is 0 Å². The summed E-state index contributed by atoms with van der Waals surface area (Å²) < 4.78 is 0. The van der Waals surface area contributed by atoms with Gasteiger partial charge in [0.15, 0.2) is 0 Å². The van der Waals surface area contributed by atoms with Crippen molar-refractivity contribution >= 4 is 18.3 Å². The first-order valence-electron chi connectivity index (χ1n) is 5.83. The van der Waals surface area contributed by atoms with Gasteiger partial charge in [0.05, 0.1) is 6.54 Å². The maximum atomic E-state index is 11.9. The van der Waals surface area contributed by atoms with Gasteiger partial charge in [0, 0.05) is 25.2 Å². The van der Waals surface area contributed by atoms with E-state index in [0.717, 1.165) is 13.1 Å². The molecule has 1 N–H and O–H groups in total. The maximum absolute atomic E-state index is 11.9. The molecule has 2 aliphatic heterocycles. The van der Waals surface area contributed by atoms with Gasteiger partial charge < -0.3 is 15.1 Å². The van der Waals surface area contributed by atoms with Gasteiger partial charge in [-0.25, -0.2) is 0 Å². The third-order valence-corrected chi connectivity index (χ3v) is 3.26. The average Bonchev–Trinajstić information content (AvgIpc) is 2.16. The van der Waals surface area contributed by atoms with E-state index in [1.807, 2.05) is 23.9 Å². The van der Waals surface area contributed by atoms with Crippen LogP contribution in [0.4, 0.5) is 0 Å². The normalized spacial score (nSPS) is 28.8. The number of halogens is 1. The molecule has 5 heteroatoms. The topological polar surface area (TPSA) is 35.6 Å². The largest absolute Gasteiger partial charge is 0.338 e. The standard InChI is InChI=1S/C11H21N3O.ClH/c1-13(2)8-11(15)14-6-9-4-3-5-10(7-14)12-9;/h9-10,12H,3-8H2,1-2H3;1H. The van der Waals surface area contributed by atoms with E-state index < -0.39 is 0 Å². The highest BCUT2D eigenvalue weighted by atomic mass is 35.5. The Morgan fingerprint density at radius 1 is 1.31 bits per heavy atom. The zero-order valence-corrected chi connectivity index (χ0v) is 10.9. The van der Waals surface area contributed by atoms with E-state index in [4.69, 9.17) is 0 Å². The molecule has 0 aromatic carbocycles. The number of likely N-dealkylation sites (N-methyl/N-ethyl adjacent to an activating group) is 1. The van der Waals surface area contributed by atoms with Crippen LogP contribution in [0.25, 0.3) is 0 Å². The zero-order valence-electron chi connectivity index (χ0n) is 10.1. The van der Waals surface area contributed by atoms with Crippen LogP contribution in [-0.2, 0) is 4.79 Å². The minimum Gasteiger partial charge on any atom is -0.338 e. The molecular weight excluding hydrogens is 226 g/mol. The molecule has 2 unspecified atom stereocenters. The van der Waals surface area contributed by atoms with Gasteiger partial charge >= 0.3 is 0 Å². The highest BCUT2D eigenvalue weighted by Crippen LogP contribution is 2.19. The predicted octanol–water partition coefficient (Wildman–Crippen LogP) is 0.323. The molecule has 0 radical (unpaired) electrons. The molecule has 2 bridgehead atoms. The highest BCUT2D eigenvalue weighted by Gasteiger charge is 2.31. The van der Waals surface area contributed by atoms with Crippen LogP contribution < -0.4 is 5.32 Å². The van der Waals surface area contributed by atoms with E-state index in [2.05, 4.69) is 5.32 Å². The van der Waals surface area contributed by atoms with Crippen LogP contribution in [0.1, 0.15) is 19.3 Å². The molecule has 0 aromatic rings. The van der Waals surface area contributed by atoms with Crippen LogP contribution in [0.5, 0.6) is 0 Å². The summed E-state index contributed by atoms with van der Waals surface area (Å²) >= 11 is 0. The number of rotatable bonds is 2. The van der Waals surface area contributed by atoms with Crippen LogP contribution in [0, 0.1) is 0 Å². The van der Waals surface area contributed by atoms with Crippen LogP contribution in [0.3, 0.4) is 0 Å². The molecule has 1 amide bonds. The second-order valence-corrected chi connectivity index (χ2v) is 5.03. The van der Waals surface area contributed by atoms with Crippen LogP contribution in [0.15, 0.2) is 0 Å². The lowest BCUT2D eigenvalue weighted by molar-refractivity contribution is -0.134. The first kappa shape index (κ1) is 13.7. The van der Waals surface area contributed by atoms with Crippen molar-refractivity contribution in [2.75, 3.05) is 33.7 Å². The molecule has 2 fully saturated rings. The number of nitrogens with one attached hydrogen (secondary N) is 1. The number of amides is 1. The molecule has 2 aliphatic rings. The summed E-state index contributed by atoms with van der Waals surface area (Å²) in [6, 6.07) is 1.09. The van der Waals surface area contributed by atoms with Crippen molar-refractivity contribution in [1.82, 2.24) is 15.1 Å². The van der Waals surface area contributed by atoms with Crippen LogP contribution >= 0.6 is 12.4 Å². The molecule has 16 heavy (non-hydrogen) atoms. The van der Waals surface area contributed by atoms with Gasteiger partial charge in [0.25, 0.3) is 0 Å². The van der Waals surface area contributed by atoms with Crippen molar-refractivity contribution < 1.29 is 4.79 Å². The molecule has 2 saturated heterocycles. The second kappa shape index (κ2) is 5.84. The van der Waals surface area contributed by atoms with Crippen molar-refractivity contribution in [3.8, 4) is 0 Å². The first-order valence-corrected chi connectivity index (χ1v) is 5.83. The number of piperidine rings is 1. The zero-order chi connectivity index (χ0) is 10.8. The molecule has 4 nitrogen and oxygen atoms in total. The summed E-state index contributed by atoms with van der Waals surface area (Å²) in [5.41, 5.74) is 0. The third kappa shape index (κ3) is 3.34. The Morgan fingerprint density at radius 2 is 1.88 bits per heavy atom. The van der Waals surface area contributed by atoms with E-state index in [1.165, 1.54) is 19.3 Å². The number of nitrogens with zero attached hydrogens (tertiary/aromatic N) is 2. The lowest BCUT2D eigenvalue weighted by Crippen LogP contribution is -2.60. The number of carbonyl (C=O) groups excluding carboxylic acids is 1. The third-order valence-electron chi connectivity index (χ3n) is 3.26. The minimum absolute atomic E-state index is 0. The minimum atomic E-state index is 0. The van der Waals surface area contributed by atoms with Gasteiger partial charge in [-0.05, 0) is 26.9 Å². The Bertz CT molecular complexity index is 235. The second-order valence-electron chi connectivity index (χ2n) is 5.03. The summed E-state index contributed by atoms with van der Waals surface area (Å²) in [5.74, 6) is 0.276. The van der Waals surface area contributed by atoms with E-state index >= 15 is 0 Å². The fraction of sp³-hybridized carbons (Fsp3) is 0.909. The Hall–Kier alpha value is -0.320. The molecule has 94 valence electrons. The highest BCUT2D eigenvalue weighted by molar-refractivity contribution is 5.85. The van der Waals surface area contributed by atoms with Gasteiger partial charge in [0.1, 0.15) is 0 Å². The molecule has 0 spiro atoms. The van der Waals surface area contributed by atoms with Gasteiger partial charge in [0.2, 0.25) is 5.91 Å². The molecule has 2 heterocycles. The molecule has 0 aromatic heterocycles. The van der Waals surface area contributed by atoms with Gasteiger partial charge in [-0.3, -0.25) is 4.79 Å². The predicted molar refractivity (Wildman–Crippen MR) is 66.9 cm³/mol. The van der Waals surface area contributed by atoms with Crippen LogP contribution in [0.2, 0.25) is 0 Å². The Kier molecular flexibility index (Phi) is 5.02. The Labute approximate surface area is 104 Å². The van der Waals surface area contributed by atoms with Crippen molar-refractivity contribution in [3.05, 3.63) is 0 Å². The number of hydrogen-bond acceptors (Lipinski definition) is 3. The molecule has 0 aliphatic carbocycles. The van der Waals surface area contributed by atoms with Crippen molar-refractivity contribution in [3.63, 3.8) is 0 Å². The van der Waals surface area contributed by atoms with E-state index in [0.29, 0.717) is 18.6 Å². The maximum Gasteiger partial charge on any atom is 0.236 e. The summed E-state index contributed by atoms with van der Waals surface area (Å²) in [4.78, 5) is 15.9. The van der Waals surface area contributed by atoms with Crippen molar-refractivity contribution in [2.45, 2.75) is 31.3 Å². The number of likely N-dealkylation sites (tertiary alicyclic amines) is 1. The lowest BCUT2D eigenvalue weighted by Gasteiger charge is -2.42. The summed E-state index contributed by atoms with van der Waals surface area (Å²) in [7, 11) is 3.89. The van der Waals surface area contributed by atoms with Gasteiger partial charge in [-0.1, -0.05) is 6.42 Å². The van der Waals surface area contributed by atoms with E-state index in [9.17, 15) is 4.79 Å². The van der Waals surface area contributed by atoms with Crippen molar-refractivity contribution in [1.29, 1.82) is 0 Å². The summed E-state index contributed by atoms with van der Waals surface area (Å²) in [6.45, 7) is 2.35. The van der Waals surface area contributed by atoms with Crippen LogP contribution in [-0.4, -0.2) is 61.5 Å². The SMILES string of the molecule is CN(C)CC(=O)N1CC2CCCC(C1)N2.Cl. The smallest absolute Gasteiger partial charge is 0.236 e. The number of carbonyl (C=O) groups is 1. The number of fused-ring (bicyclic) bond motifs is 2. The Balaban J connectivity index is 0.00000128. The summed E-state index contributed by atoms with van der Waals surface area (Å²) in [5, 5.41) is 3.58. The average molecular weight is 248 g/mol. The quantitative estimate of drug-likeness (QED) is 0.764. The summed E-state index contributed by atoms with van der Waals surface area (Å²) in [6.07, 6.45) is 3.77.